The Kier molecular flexibility index (Phi) is 8.31. The number of alkyl halides is 1. The Labute approximate surface area is 205 Å². The van der Waals surface area contributed by atoms with Crippen LogP contribution in [-0.4, -0.2) is 16.4 Å². The fourth-order valence-electron chi connectivity index (χ4n) is 5.12. The van der Waals surface area contributed by atoms with E-state index in [4.69, 9.17) is 4.43 Å². The molecule has 2 atom stereocenters. The first-order chi connectivity index (χ1) is 16.5. The van der Waals surface area contributed by atoms with Crippen molar-refractivity contribution in [2.45, 2.75) is 76.2 Å². The summed E-state index contributed by atoms with van der Waals surface area (Å²) >= 11 is 0. The minimum Gasteiger partial charge on any atom is -0.539 e. The average molecular weight is 531 g/mol. The van der Waals surface area contributed by atoms with Crippen LogP contribution in [-0.2, 0) is 6.04 Å². The average Bonchev–Trinajstić information content (AvgIpc) is 3.08. The molecule has 0 N–H and O–H groups in total. The Morgan fingerprint density at radius 3 is 1.94 bits per heavy atom. The van der Waals surface area contributed by atoms with E-state index in [2.05, 4.69) is 20.8 Å². The molecule has 2 aromatic carbocycles. The Morgan fingerprint density at radius 1 is 0.857 bits per heavy atom. The van der Waals surface area contributed by atoms with Crippen molar-refractivity contribution in [1.29, 1.82) is 0 Å². The lowest BCUT2D eigenvalue weighted by Crippen LogP contribution is -2.55. The maximum atomic E-state index is 15.5. The second-order valence-electron chi connectivity index (χ2n) is 9.81. The summed E-state index contributed by atoms with van der Waals surface area (Å²) in [5.74, 6) is -10.0. The second-order valence-corrected chi connectivity index (χ2v) is 20.2. The predicted octanol–water partition coefficient (Wildman–Crippen LogP) is 9.30. The number of hydrogen-bond acceptors (Lipinski definition) is 1. The van der Waals surface area contributed by atoms with Crippen molar-refractivity contribution in [3.63, 3.8) is 0 Å². The normalized spacial score (nSPS) is 17.7. The molecule has 0 aliphatic heterocycles. The molecule has 0 spiro atoms. The molecule has 0 fully saturated rings. The van der Waals surface area contributed by atoms with Crippen LogP contribution in [0.4, 0.5) is 26.3 Å². The summed E-state index contributed by atoms with van der Waals surface area (Å²) in [4.78, 5) is 0. The highest BCUT2D eigenvalue weighted by Crippen LogP contribution is 2.50. The molecule has 1 nitrogen and oxygen atoms in total. The second kappa shape index (κ2) is 10.5. The van der Waals surface area contributed by atoms with E-state index in [0.717, 1.165) is 23.7 Å². The molecule has 1 aliphatic rings. The summed E-state index contributed by atoms with van der Waals surface area (Å²) in [6, 6.07) is 12.6. The third-order valence-corrected chi connectivity index (χ3v) is 21.5. The minimum absolute atomic E-state index is 0.139. The van der Waals surface area contributed by atoms with Crippen LogP contribution in [0, 0.1) is 17.5 Å². The molecule has 35 heavy (non-hydrogen) atoms. The first-order valence-electron chi connectivity index (χ1n) is 12.1. The largest absolute Gasteiger partial charge is 0.539 e. The van der Waals surface area contributed by atoms with Crippen LogP contribution < -0.4 is 4.43 Å². The highest BCUT2D eigenvalue weighted by atomic mass is 28.4. The maximum Gasteiger partial charge on any atom is 0.255 e. The molecule has 2 unspecified atom stereocenters. The molecular formula is C26H32F6OSi2. The van der Waals surface area contributed by atoms with Gasteiger partial charge in [-0.2, -0.15) is 4.39 Å². The zero-order chi connectivity index (χ0) is 26.1. The van der Waals surface area contributed by atoms with Crippen LogP contribution in [0.3, 0.4) is 0 Å². The van der Waals surface area contributed by atoms with Crippen molar-refractivity contribution < 1.29 is 30.8 Å². The Hall–Kier alpha value is -2.01. The Bertz CT molecular complexity index is 1090. The van der Waals surface area contributed by atoms with E-state index in [1.165, 1.54) is 0 Å². The lowest BCUT2D eigenvalue weighted by molar-refractivity contribution is 0.323. The number of benzene rings is 2. The standard InChI is InChI=1S/C26H32F6OSi2/c1-6-34(7-2,8-3)15-35(16(4)5,14-17-12-10-9-11-13-17)33-26-23(30)19-18(22(29)25(26)32)20(27)24(31)21(19)28/h9-13,16,20H,6-8,14-15H2,1-5H3. The van der Waals surface area contributed by atoms with Crippen LogP contribution in [0.15, 0.2) is 36.2 Å². The smallest absolute Gasteiger partial charge is 0.255 e. The van der Waals surface area contributed by atoms with E-state index in [9.17, 15) is 17.6 Å². The van der Waals surface area contributed by atoms with Gasteiger partial charge in [-0.05, 0) is 16.8 Å². The van der Waals surface area contributed by atoms with E-state index < -0.39 is 68.5 Å². The van der Waals surface area contributed by atoms with Gasteiger partial charge >= 0.3 is 0 Å². The third-order valence-electron chi connectivity index (χ3n) is 7.85. The third kappa shape index (κ3) is 4.86. The van der Waals surface area contributed by atoms with Gasteiger partial charge in [-0.3, -0.25) is 0 Å². The van der Waals surface area contributed by atoms with Crippen molar-refractivity contribution in [3.8, 4) is 5.75 Å². The van der Waals surface area contributed by atoms with Crippen LogP contribution in [0.5, 0.6) is 5.75 Å². The Balaban J connectivity index is 2.23. The summed E-state index contributed by atoms with van der Waals surface area (Å²) in [7, 11) is -5.07. The minimum atomic E-state index is -3.14. The quantitative estimate of drug-likeness (QED) is 0.169. The topological polar surface area (TPSA) is 9.23 Å². The number of hydrogen-bond donors (Lipinski definition) is 0. The lowest BCUT2D eigenvalue weighted by atomic mass is 10.1. The van der Waals surface area contributed by atoms with Crippen LogP contribution in [0.25, 0.3) is 5.83 Å². The first kappa shape index (κ1) is 27.6. The van der Waals surface area contributed by atoms with E-state index in [0.29, 0.717) is 11.7 Å². The van der Waals surface area contributed by atoms with Gasteiger partial charge in [0.05, 0.1) is 13.6 Å². The summed E-state index contributed by atoms with van der Waals surface area (Å²) in [5.41, 5.74) is -1.07. The van der Waals surface area contributed by atoms with Crippen molar-refractivity contribution >= 4 is 22.2 Å². The molecule has 0 saturated heterocycles. The molecule has 0 bridgehead atoms. The molecule has 0 saturated carbocycles. The van der Waals surface area contributed by atoms with Gasteiger partial charge in [0.1, 0.15) is 0 Å². The zero-order valence-electron chi connectivity index (χ0n) is 20.8. The summed E-state index contributed by atoms with van der Waals surface area (Å²) < 4.78 is 94.3. The highest BCUT2D eigenvalue weighted by Gasteiger charge is 2.50. The van der Waals surface area contributed by atoms with E-state index >= 15 is 8.78 Å². The monoisotopic (exact) mass is 530 g/mol. The fraction of sp³-hybridized carbons (Fsp3) is 0.462. The number of fused-ring (bicyclic) bond motifs is 1. The number of rotatable bonds is 10. The Morgan fingerprint density at radius 2 is 1.43 bits per heavy atom. The molecule has 192 valence electrons. The summed E-state index contributed by atoms with van der Waals surface area (Å²) in [5, 5.41) is 0. The van der Waals surface area contributed by atoms with E-state index in [1.807, 2.05) is 44.2 Å². The SMILES string of the molecule is CC[Si](CC)(CC)C[Si](Cc1ccccc1)(Oc1c(F)c(F)c2c(c1F)C(F)=C(F)C2F)C(C)C. The van der Waals surface area contributed by atoms with Gasteiger partial charge in [-0.15, -0.1) is 0 Å². The van der Waals surface area contributed by atoms with Gasteiger partial charge in [0.15, 0.2) is 35.2 Å². The van der Waals surface area contributed by atoms with Gasteiger partial charge in [-0.25, -0.2) is 22.0 Å². The first-order valence-corrected chi connectivity index (χ1v) is 17.3. The van der Waals surface area contributed by atoms with Crippen LogP contribution >= 0.6 is 0 Å². The molecule has 0 heterocycles. The molecule has 0 aromatic heterocycles. The molecule has 9 heteroatoms. The zero-order valence-corrected chi connectivity index (χ0v) is 22.8. The van der Waals surface area contributed by atoms with E-state index in [1.54, 1.807) is 0 Å². The highest BCUT2D eigenvalue weighted by molar-refractivity contribution is 6.95. The van der Waals surface area contributed by atoms with Crippen LogP contribution in [0.1, 0.15) is 57.5 Å². The molecule has 2 aromatic rings. The van der Waals surface area contributed by atoms with Crippen molar-refractivity contribution in [2.75, 3.05) is 0 Å². The molecular weight excluding hydrogens is 498 g/mol. The predicted molar refractivity (Wildman–Crippen MR) is 133 cm³/mol. The van der Waals surface area contributed by atoms with Crippen molar-refractivity contribution in [3.05, 3.63) is 70.3 Å². The van der Waals surface area contributed by atoms with Crippen molar-refractivity contribution in [2.24, 2.45) is 0 Å². The van der Waals surface area contributed by atoms with Gasteiger partial charge in [0.25, 0.3) is 8.32 Å². The summed E-state index contributed by atoms with van der Waals surface area (Å²) in [6.45, 7) is 10.2. The van der Waals surface area contributed by atoms with Gasteiger partial charge < -0.3 is 4.43 Å². The fourth-order valence-corrected chi connectivity index (χ4v) is 19.3. The van der Waals surface area contributed by atoms with Gasteiger partial charge in [0.2, 0.25) is 5.82 Å². The van der Waals surface area contributed by atoms with E-state index in [-0.39, 0.29) is 5.54 Å². The molecule has 0 amide bonds. The number of allylic oxidation sites excluding steroid dienone is 1. The lowest BCUT2D eigenvalue weighted by Gasteiger charge is -2.42. The molecule has 3 rings (SSSR count). The van der Waals surface area contributed by atoms with Crippen LogP contribution in [0.2, 0.25) is 29.3 Å². The molecule has 0 radical (unpaired) electrons. The maximum absolute atomic E-state index is 15.5. The molecule has 1 aliphatic carbocycles. The van der Waals surface area contributed by atoms with Gasteiger partial charge in [-0.1, -0.05) is 83.1 Å². The van der Waals surface area contributed by atoms with Crippen molar-refractivity contribution in [1.82, 2.24) is 0 Å². The van der Waals surface area contributed by atoms with Gasteiger partial charge in [0, 0.05) is 11.6 Å². The number of halogens is 6. The summed E-state index contributed by atoms with van der Waals surface area (Å²) in [6.07, 6.45) is -2.89.